The molecule has 2 heteroatoms. The quantitative estimate of drug-likeness (QED) is 0.554. The van der Waals surface area contributed by atoms with E-state index in [1.54, 1.807) is 0 Å². The van der Waals surface area contributed by atoms with E-state index in [9.17, 15) is 0 Å². The highest BCUT2D eigenvalue weighted by Gasteiger charge is 2.33. The molecule has 1 aliphatic heterocycles. The van der Waals surface area contributed by atoms with Crippen LogP contribution in [0.15, 0.2) is 0 Å². The van der Waals surface area contributed by atoms with Gasteiger partial charge in [-0.1, -0.05) is 12.8 Å². The standard InChI is InChI=1S/C9H16ClN/c10-8-5-6-11-9-4-2-1-3-7(8)9/h7-9,11H,1-6H2/t7-,8-,9+/m1/s1. The van der Waals surface area contributed by atoms with Gasteiger partial charge in [-0.25, -0.2) is 0 Å². The molecule has 1 saturated carbocycles. The van der Waals surface area contributed by atoms with Gasteiger partial charge in [-0.15, -0.1) is 11.6 Å². The van der Waals surface area contributed by atoms with Crippen LogP contribution < -0.4 is 5.32 Å². The molecule has 1 saturated heterocycles. The van der Waals surface area contributed by atoms with E-state index in [1.807, 2.05) is 0 Å². The SMILES string of the molecule is Cl[C@@H]1CCN[C@H]2CCCC[C@H]12. The molecule has 2 fully saturated rings. The Morgan fingerprint density at radius 2 is 1.91 bits per heavy atom. The van der Waals surface area contributed by atoms with Crippen molar-refractivity contribution in [2.24, 2.45) is 5.92 Å². The molecule has 1 N–H and O–H groups in total. The van der Waals surface area contributed by atoms with Crippen molar-refractivity contribution in [1.82, 2.24) is 5.32 Å². The normalized spacial score (nSPS) is 45.0. The number of halogens is 1. The van der Waals surface area contributed by atoms with Gasteiger partial charge in [0.1, 0.15) is 0 Å². The maximum atomic E-state index is 6.25. The van der Waals surface area contributed by atoms with Crippen molar-refractivity contribution in [1.29, 1.82) is 0 Å². The minimum absolute atomic E-state index is 0.460. The largest absolute Gasteiger partial charge is 0.314 e. The number of piperidine rings is 1. The zero-order chi connectivity index (χ0) is 7.68. The molecule has 0 spiro atoms. The van der Waals surface area contributed by atoms with E-state index in [0.29, 0.717) is 5.38 Å². The Kier molecular flexibility index (Phi) is 2.38. The zero-order valence-corrected chi connectivity index (χ0v) is 7.61. The third-order valence-corrected chi connectivity index (χ3v) is 3.65. The number of fused-ring (bicyclic) bond motifs is 1. The smallest absolute Gasteiger partial charge is 0.0391 e. The van der Waals surface area contributed by atoms with Crippen LogP contribution in [-0.2, 0) is 0 Å². The molecule has 0 amide bonds. The van der Waals surface area contributed by atoms with E-state index in [0.717, 1.165) is 18.5 Å². The van der Waals surface area contributed by atoms with Crippen molar-refractivity contribution >= 4 is 11.6 Å². The van der Waals surface area contributed by atoms with Gasteiger partial charge in [0.05, 0.1) is 0 Å². The van der Waals surface area contributed by atoms with Crippen molar-refractivity contribution in [3.63, 3.8) is 0 Å². The van der Waals surface area contributed by atoms with Crippen molar-refractivity contribution < 1.29 is 0 Å². The van der Waals surface area contributed by atoms with Gasteiger partial charge >= 0.3 is 0 Å². The number of nitrogens with one attached hydrogen (secondary N) is 1. The Bertz CT molecular complexity index is 136. The molecule has 2 aliphatic rings. The first-order valence-corrected chi connectivity index (χ1v) is 5.19. The molecule has 0 unspecified atom stereocenters. The summed E-state index contributed by atoms with van der Waals surface area (Å²) >= 11 is 6.25. The zero-order valence-electron chi connectivity index (χ0n) is 6.85. The molecule has 2 rings (SSSR count). The monoisotopic (exact) mass is 173 g/mol. The summed E-state index contributed by atoms with van der Waals surface area (Å²) in [5, 5.41) is 4.03. The second-order valence-corrected chi connectivity index (χ2v) is 4.37. The first-order chi connectivity index (χ1) is 5.38. The van der Waals surface area contributed by atoms with Gasteiger partial charge < -0.3 is 5.32 Å². The van der Waals surface area contributed by atoms with Crippen LogP contribution in [0.3, 0.4) is 0 Å². The van der Waals surface area contributed by atoms with Gasteiger partial charge in [0, 0.05) is 11.4 Å². The van der Waals surface area contributed by atoms with Crippen LogP contribution in [0.1, 0.15) is 32.1 Å². The molecule has 0 aromatic rings. The van der Waals surface area contributed by atoms with E-state index in [-0.39, 0.29) is 0 Å². The number of rotatable bonds is 0. The van der Waals surface area contributed by atoms with Crippen LogP contribution in [0.25, 0.3) is 0 Å². The Labute approximate surface area is 73.5 Å². The molecule has 0 radical (unpaired) electrons. The Morgan fingerprint density at radius 3 is 2.73 bits per heavy atom. The lowest BCUT2D eigenvalue weighted by atomic mass is 9.79. The van der Waals surface area contributed by atoms with Crippen molar-refractivity contribution in [2.75, 3.05) is 6.54 Å². The van der Waals surface area contributed by atoms with Gasteiger partial charge in [0.25, 0.3) is 0 Å². The van der Waals surface area contributed by atoms with Gasteiger partial charge in [-0.05, 0) is 31.7 Å². The van der Waals surface area contributed by atoms with Crippen molar-refractivity contribution in [3.8, 4) is 0 Å². The van der Waals surface area contributed by atoms with Gasteiger partial charge in [0.2, 0.25) is 0 Å². The Hall–Kier alpha value is 0.250. The maximum absolute atomic E-state index is 6.25. The molecule has 0 aromatic heterocycles. The summed E-state index contributed by atoms with van der Waals surface area (Å²) < 4.78 is 0. The summed E-state index contributed by atoms with van der Waals surface area (Å²) in [4.78, 5) is 0. The molecular formula is C9H16ClN. The molecule has 64 valence electrons. The van der Waals surface area contributed by atoms with E-state index in [1.165, 1.54) is 32.1 Å². The minimum atomic E-state index is 0.460. The Morgan fingerprint density at radius 1 is 1.09 bits per heavy atom. The number of hydrogen-bond acceptors (Lipinski definition) is 1. The first kappa shape index (κ1) is 7.88. The summed E-state index contributed by atoms with van der Waals surface area (Å²) in [5.41, 5.74) is 0. The topological polar surface area (TPSA) is 12.0 Å². The van der Waals surface area contributed by atoms with Crippen LogP contribution in [0, 0.1) is 5.92 Å². The fourth-order valence-electron chi connectivity index (χ4n) is 2.47. The molecule has 1 heterocycles. The highest BCUT2D eigenvalue weighted by atomic mass is 35.5. The third kappa shape index (κ3) is 1.54. The second kappa shape index (κ2) is 3.32. The van der Waals surface area contributed by atoms with Crippen LogP contribution in [0.4, 0.5) is 0 Å². The lowest BCUT2D eigenvalue weighted by Crippen LogP contribution is -2.48. The third-order valence-electron chi connectivity index (χ3n) is 3.11. The molecule has 1 aliphatic carbocycles. The number of hydrogen-bond donors (Lipinski definition) is 1. The summed E-state index contributed by atoms with van der Waals surface area (Å²) in [5.74, 6) is 0.777. The molecule has 1 nitrogen and oxygen atoms in total. The van der Waals surface area contributed by atoms with Crippen LogP contribution in [0.5, 0.6) is 0 Å². The molecule has 11 heavy (non-hydrogen) atoms. The summed E-state index contributed by atoms with van der Waals surface area (Å²) in [6.07, 6.45) is 6.67. The second-order valence-electron chi connectivity index (χ2n) is 3.81. The van der Waals surface area contributed by atoms with Gasteiger partial charge in [-0.3, -0.25) is 0 Å². The first-order valence-electron chi connectivity index (χ1n) is 4.75. The van der Waals surface area contributed by atoms with E-state index < -0.39 is 0 Å². The maximum Gasteiger partial charge on any atom is 0.0391 e. The molecule has 0 aromatic carbocycles. The fourth-order valence-corrected chi connectivity index (χ4v) is 2.88. The van der Waals surface area contributed by atoms with E-state index in [4.69, 9.17) is 11.6 Å². The predicted octanol–water partition coefficient (Wildman–Crippen LogP) is 2.15. The number of alkyl halides is 1. The lowest BCUT2D eigenvalue weighted by molar-refractivity contribution is 0.216. The average molecular weight is 174 g/mol. The van der Waals surface area contributed by atoms with Crippen LogP contribution >= 0.6 is 11.6 Å². The summed E-state index contributed by atoms with van der Waals surface area (Å²) in [6.45, 7) is 1.13. The van der Waals surface area contributed by atoms with Crippen LogP contribution in [-0.4, -0.2) is 18.0 Å². The van der Waals surface area contributed by atoms with E-state index >= 15 is 0 Å². The highest BCUT2D eigenvalue weighted by Crippen LogP contribution is 2.33. The van der Waals surface area contributed by atoms with E-state index in [2.05, 4.69) is 5.32 Å². The van der Waals surface area contributed by atoms with Gasteiger partial charge in [-0.2, -0.15) is 0 Å². The highest BCUT2D eigenvalue weighted by molar-refractivity contribution is 6.20. The Balaban J connectivity index is 1.99. The fraction of sp³-hybridized carbons (Fsp3) is 1.00. The van der Waals surface area contributed by atoms with Crippen molar-refractivity contribution in [3.05, 3.63) is 0 Å². The minimum Gasteiger partial charge on any atom is -0.314 e. The lowest BCUT2D eigenvalue weighted by Gasteiger charge is -2.39. The average Bonchev–Trinajstić information content (AvgIpc) is 2.06. The molecule has 3 atom stereocenters. The predicted molar refractivity (Wildman–Crippen MR) is 48.0 cm³/mol. The molecular weight excluding hydrogens is 158 g/mol. The summed E-state index contributed by atoms with van der Waals surface area (Å²) in [7, 11) is 0. The summed E-state index contributed by atoms with van der Waals surface area (Å²) in [6, 6.07) is 0.750. The van der Waals surface area contributed by atoms with Crippen molar-refractivity contribution in [2.45, 2.75) is 43.5 Å². The molecule has 0 bridgehead atoms. The van der Waals surface area contributed by atoms with Gasteiger partial charge in [0.15, 0.2) is 0 Å². The van der Waals surface area contributed by atoms with Crippen LogP contribution in [0.2, 0.25) is 0 Å².